The minimum Gasteiger partial charge on any atom is -0.357 e. The number of hydrogen-bond donors (Lipinski definition) is 2. The molecule has 1 saturated heterocycles. The lowest BCUT2D eigenvalue weighted by atomic mass is 10.4. The van der Waals surface area contributed by atoms with E-state index in [0.29, 0.717) is 12.5 Å². The molecule has 1 aromatic rings. The Morgan fingerprint density at radius 1 is 1.32 bits per heavy atom. The normalized spacial score (nSPS) is 17.6. The predicted octanol–water partition coefficient (Wildman–Crippen LogP) is -0.971. The molecule has 0 radical (unpaired) electrons. The largest absolute Gasteiger partial charge is 0.357 e. The number of aromatic nitrogens is 2. The first-order valence-corrected chi connectivity index (χ1v) is 7.24. The molecule has 2 rings (SSSR count). The van der Waals surface area contributed by atoms with E-state index in [0.717, 1.165) is 0 Å². The number of anilines is 1. The van der Waals surface area contributed by atoms with Crippen molar-refractivity contribution >= 4 is 21.9 Å². The Balaban J connectivity index is 2.22. The number of sulfonamides is 1. The van der Waals surface area contributed by atoms with Crippen LogP contribution in [-0.2, 0) is 14.8 Å². The quantitative estimate of drug-likeness (QED) is 0.740. The topological polar surface area (TPSA) is 104 Å². The zero-order valence-corrected chi connectivity index (χ0v) is 11.3. The summed E-state index contributed by atoms with van der Waals surface area (Å²) in [6.07, 6.45) is 2.68. The third kappa shape index (κ3) is 2.99. The molecule has 1 fully saturated rings. The molecule has 1 aliphatic heterocycles. The van der Waals surface area contributed by atoms with Crippen molar-refractivity contribution in [1.29, 1.82) is 0 Å². The SMILES string of the molecule is CNc1ncc(S(=O)(=O)N2CCNC(=O)CC2)cn1. The van der Waals surface area contributed by atoms with Crippen molar-refractivity contribution in [1.82, 2.24) is 19.6 Å². The van der Waals surface area contributed by atoms with Gasteiger partial charge in [-0.15, -0.1) is 0 Å². The summed E-state index contributed by atoms with van der Waals surface area (Å²) in [6.45, 7) is 0.733. The summed E-state index contributed by atoms with van der Waals surface area (Å²) in [5.74, 6) is 0.214. The van der Waals surface area contributed by atoms with Gasteiger partial charge in [0.25, 0.3) is 0 Å². The lowest BCUT2D eigenvalue weighted by Crippen LogP contribution is -2.34. The van der Waals surface area contributed by atoms with Gasteiger partial charge in [0.05, 0.1) is 12.4 Å². The smallest absolute Gasteiger partial charge is 0.246 e. The van der Waals surface area contributed by atoms with Crippen LogP contribution in [0.2, 0.25) is 0 Å². The minimum atomic E-state index is -3.65. The van der Waals surface area contributed by atoms with E-state index in [1.807, 2.05) is 0 Å². The van der Waals surface area contributed by atoms with Crippen LogP contribution >= 0.6 is 0 Å². The Hall–Kier alpha value is -1.74. The van der Waals surface area contributed by atoms with Gasteiger partial charge in [0.15, 0.2) is 0 Å². The number of nitrogens with one attached hydrogen (secondary N) is 2. The van der Waals surface area contributed by atoms with Crippen LogP contribution in [0.15, 0.2) is 17.3 Å². The van der Waals surface area contributed by atoms with Gasteiger partial charge in [-0.3, -0.25) is 4.79 Å². The molecule has 1 aromatic heterocycles. The van der Waals surface area contributed by atoms with E-state index in [4.69, 9.17) is 0 Å². The number of rotatable bonds is 3. The number of hydrogen-bond acceptors (Lipinski definition) is 6. The average Bonchev–Trinajstić information content (AvgIpc) is 2.64. The molecule has 2 N–H and O–H groups in total. The van der Waals surface area contributed by atoms with Crippen molar-refractivity contribution in [3.05, 3.63) is 12.4 Å². The molecule has 2 heterocycles. The summed E-state index contributed by atoms with van der Waals surface area (Å²) in [5, 5.41) is 5.35. The maximum Gasteiger partial charge on any atom is 0.246 e. The van der Waals surface area contributed by atoms with Crippen molar-refractivity contribution < 1.29 is 13.2 Å². The van der Waals surface area contributed by atoms with Crippen molar-refractivity contribution in [3.8, 4) is 0 Å². The summed E-state index contributed by atoms with van der Waals surface area (Å²) >= 11 is 0. The fourth-order valence-electron chi connectivity index (χ4n) is 1.71. The Labute approximate surface area is 111 Å². The monoisotopic (exact) mass is 285 g/mol. The van der Waals surface area contributed by atoms with Gasteiger partial charge in [-0.25, -0.2) is 18.4 Å². The second-order valence-corrected chi connectivity index (χ2v) is 5.93. The Morgan fingerprint density at radius 3 is 2.63 bits per heavy atom. The standard InChI is InChI=1S/C10H15N5O3S/c1-11-10-13-6-8(7-14-10)19(17,18)15-4-2-9(16)12-3-5-15/h6-7H,2-5H2,1H3,(H,12,16)(H,11,13,14). The van der Waals surface area contributed by atoms with Crippen molar-refractivity contribution in [2.24, 2.45) is 0 Å². The Morgan fingerprint density at radius 2 is 2.00 bits per heavy atom. The number of nitrogens with zero attached hydrogens (tertiary/aromatic N) is 3. The summed E-state index contributed by atoms with van der Waals surface area (Å²) in [4.78, 5) is 19.0. The molecular formula is C10H15N5O3S. The van der Waals surface area contributed by atoms with Gasteiger partial charge < -0.3 is 10.6 Å². The third-order valence-electron chi connectivity index (χ3n) is 2.76. The van der Waals surface area contributed by atoms with Gasteiger partial charge >= 0.3 is 0 Å². The van der Waals surface area contributed by atoms with Crippen LogP contribution in [0.4, 0.5) is 5.95 Å². The van der Waals surface area contributed by atoms with Crippen LogP contribution in [0.1, 0.15) is 6.42 Å². The number of carbonyl (C=O) groups excluding carboxylic acids is 1. The molecule has 1 amide bonds. The second kappa shape index (κ2) is 5.49. The van der Waals surface area contributed by atoms with Crippen LogP contribution in [0.3, 0.4) is 0 Å². The van der Waals surface area contributed by atoms with Crippen molar-refractivity contribution in [2.45, 2.75) is 11.3 Å². The molecule has 0 aromatic carbocycles. The van der Waals surface area contributed by atoms with Crippen LogP contribution in [0.25, 0.3) is 0 Å². The molecule has 0 unspecified atom stereocenters. The van der Waals surface area contributed by atoms with Crippen LogP contribution in [0.5, 0.6) is 0 Å². The molecule has 0 spiro atoms. The molecule has 0 aliphatic carbocycles. The molecule has 1 aliphatic rings. The average molecular weight is 285 g/mol. The van der Waals surface area contributed by atoms with Gasteiger partial charge in [-0.1, -0.05) is 0 Å². The maximum absolute atomic E-state index is 12.3. The molecule has 0 atom stereocenters. The zero-order chi connectivity index (χ0) is 13.9. The predicted molar refractivity (Wildman–Crippen MR) is 68.0 cm³/mol. The lowest BCUT2D eigenvalue weighted by molar-refractivity contribution is -0.120. The van der Waals surface area contributed by atoms with E-state index in [1.165, 1.54) is 16.7 Å². The van der Waals surface area contributed by atoms with Gasteiger partial charge in [0.2, 0.25) is 21.9 Å². The third-order valence-corrected chi connectivity index (χ3v) is 4.61. The van der Waals surface area contributed by atoms with E-state index < -0.39 is 10.0 Å². The first-order valence-electron chi connectivity index (χ1n) is 5.80. The molecule has 0 saturated carbocycles. The number of carbonyl (C=O) groups is 1. The highest BCUT2D eigenvalue weighted by molar-refractivity contribution is 7.89. The first kappa shape index (κ1) is 13.7. The minimum absolute atomic E-state index is 0.0286. The highest BCUT2D eigenvalue weighted by atomic mass is 32.2. The molecule has 0 bridgehead atoms. The summed E-state index contributed by atoms with van der Waals surface area (Å²) in [5.41, 5.74) is 0. The maximum atomic E-state index is 12.3. The Kier molecular flexibility index (Phi) is 3.96. The van der Waals surface area contributed by atoms with Crippen molar-refractivity contribution in [3.63, 3.8) is 0 Å². The van der Waals surface area contributed by atoms with Gasteiger partial charge in [-0.05, 0) is 0 Å². The summed E-state index contributed by atoms with van der Waals surface area (Å²) in [6, 6.07) is 0. The van der Waals surface area contributed by atoms with E-state index in [-0.39, 0.29) is 30.3 Å². The second-order valence-electron chi connectivity index (χ2n) is 4.00. The molecule has 8 nitrogen and oxygen atoms in total. The van der Waals surface area contributed by atoms with Crippen molar-refractivity contribution in [2.75, 3.05) is 32.0 Å². The first-order chi connectivity index (χ1) is 9.04. The fraction of sp³-hybridized carbons (Fsp3) is 0.500. The highest BCUT2D eigenvalue weighted by Crippen LogP contribution is 2.15. The van der Waals surface area contributed by atoms with Crippen LogP contribution in [0, 0.1) is 0 Å². The molecular weight excluding hydrogens is 270 g/mol. The van der Waals surface area contributed by atoms with Gasteiger partial charge in [0.1, 0.15) is 4.90 Å². The number of amides is 1. The van der Waals surface area contributed by atoms with E-state index >= 15 is 0 Å². The Bertz CT molecular complexity index is 557. The lowest BCUT2D eigenvalue weighted by Gasteiger charge is -2.18. The zero-order valence-electron chi connectivity index (χ0n) is 10.5. The van der Waals surface area contributed by atoms with E-state index in [1.54, 1.807) is 7.05 Å². The summed E-state index contributed by atoms with van der Waals surface area (Å²) in [7, 11) is -2.00. The van der Waals surface area contributed by atoms with E-state index in [9.17, 15) is 13.2 Å². The molecule has 9 heteroatoms. The molecule has 104 valence electrons. The van der Waals surface area contributed by atoms with Gasteiger partial charge in [-0.2, -0.15) is 4.31 Å². The summed E-state index contributed by atoms with van der Waals surface area (Å²) < 4.78 is 25.9. The fourth-order valence-corrected chi connectivity index (χ4v) is 3.05. The highest BCUT2D eigenvalue weighted by Gasteiger charge is 2.27. The van der Waals surface area contributed by atoms with Crippen LogP contribution < -0.4 is 10.6 Å². The van der Waals surface area contributed by atoms with Gasteiger partial charge in [0, 0.05) is 33.1 Å². The molecule has 19 heavy (non-hydrogen) atoms. The van der Waals surface area contributed by atoms with Crippen LogP contribution in [-0.4, -0.2) is 55.3 Å². The van der Waals surface area contributed by atoms with E-state index in [2.05, 4.69) is 20.6 Å².